The fourth-order valence-corrected chi connectivity index (χ4v) is 5.02. The lowest BCUT2D eigenvalue weighted by Crippen LogP contribution is -2.46. The molecule has 0 aliphatic heterocycles. The van der Waals surface area contributed by atoms with Crippen LogP contribution in [-0.4, -0.2) is 22.1 Å². The molecule has 1 saturated carbocycles. The first-order valence-electron chi connectivity index (χ1n) is 10.8. The standard InChI is InChI=1S/C25H34N2O2/c1-16-11-12-20-14-18(3)24(28)19(4)23(20)22(16)10-7-8-17(2)25(29)27-15-21-9-5-6-13-26-21/h5-13,16,18-20,22-24,28H,14-15H2,1-4H3,(H,27,29)/b10-7+,17-8+/t16-,18-,19+,20+,22+,23-,24+/m1/s1. The lowest BCUT2D eigenvalue weighted by atomic mass is 9.58. The Morgan fingerprint density at radius 2 is 2.07 bits per heavy atom. The maximum atomic E-state index is 12.3. The van der Waals surface area contributed by atoms with Crippen LogP contribution in [0.25, 0.3) is 0 Å². The highest BCUT2D eigenvalue weighted by molar-refractivity contribution is 5.92. The van der Waals surface area contributed by atoms with Crippen molar-refractivity contribution in [2.45, 2.75) is 46.8 Å². The summed E-state index contributed by atoms with van der Waals surface area (Å²) in [5.41, 5.74) is 1.52. The average Bonchev–Trinajstić information content (AvgIpc) is 2.72. The van der Waals surface area contributed by atoms with Gasteiger partial charge in [0.2, 0.25) is 5.91 Å². The third kappa shape index (κ3) is 5.05. The van der Waals surface area contributed by atoms with Crippen LogP contribution in [-0.2, 0) is 11.3 Å². The zero-order chi connectivity index (χ0) is 21.0. The van der Waals surface area contributed by atoms with Crippen molar-refractivity contribution in [1.82, 2.24) is 10.3 Å². The number of amides is 1. The van der Waals surface area contributed by atoms with Crippen LogP contribution in [0.15, 0.2) is 60.3 Å². The maximum Gasteiger partial charge on any atom is 0.247 e. The number of hydrogen-bond acceptors (Lipinski definition) is 3. The normalized spacial score (nSPS) is 34.8. The van der Waals surface area contributed by atoms with Crippen molar-refractivity contribution >= 4 is 5.91 Å². The van der Waals surface area contributed by atoms with Crippen LogP contribution in [0.1, 0.15) is 39.8 Å². The molecule has 1 aromatic rings. The van der Waals surface area contributed by atoms with Gasteiger partial charge in [-0.25, -0.2) is 0 Å². The van der Waals surface area contributed by atoms with E-state index in [9.17, 15) is 9.90 Å². The molecule has 1 amide bonds. The minimum atomic E-state index is -0.236. The van der Waals surface area contributed by atoms with E-state index >= 15 is 0 Å². The van der Waals surface area contributed by atoms with Gasteiger partial charge in [-0.1, -0.05) is 57.2 Å². The topological polar surface area (TPSA) is 62.2 Å². The second kappa shape index (κ2) is 9.53. The van der Waals surface area contributed by atoms with E-state index in [1.807, 2.05) is 37.3 Å². The number of pyridine rings is 1. The SMILES string of the molecule is C/C(=C\C=C\[C@@H]1[C@@H]2[C@H](C)[C@@H](O)[C@H](C)C[C@@H]2C=C[C@H]1C)C(=O)NCc1ccccn1. The second-order valence-corrected chi connectivity index (χ2v) is 8.86. The third-order valence-corrected chi connectivity index (χ3v) is 6.77. The summed E-state index contributed by atoms with van der Waals surface area (Å²) >= 11 is 0. The summed E-state index contributed by atoms with van der Waals surface area (Å²) in [4.78, 5) is 16.6. The number of hydrogen-bond donors (Lipinski definition) is 2. The molecular formula is C25H34N2O2. The molecule has 2 aliphatic carbocycles. The molecule has 0 unspecified atom stereocenters. The Kier molecular flexibility index (Phi) is 7.07. The fourth-order valence-electron chi connectivity index (χ4n) is 5.02. The maximum absolute atomic E-state index is 12.3. The Morgan fingerprint density at radius 3 is 2.79 bits per heavy atom. The first-order valence-corrected chi connectivity index (χ1v) is 10.8. The van der Waals surface area contributed by atoms with E-state index in [0.29, 0.717) is 41.7 Å². The Bertz CT molecular complexity index is 783. The van der Waals surface area contributed by atoms with Gasteiger partial charge >= 0.3 is 0 Å². The highest BCUT2D eigenvalue weighted by Gasteiger charge is 2.44. The van der Waals surface area contributed by atoms with Crippen LogP contribution in [0, 0.1) is 35.5 Å². The Balaban J connectivity index is 1.64. The summed E-state index contributed by atoms with van der Waals surface area (Å²) in [5.74, 6) is 2.33. The van der Waals surface area contributed by atoms with Crippen molar-refractivity contribution in [2.75, 3.05) is 0 Å². The van der Waals surface area contributed by atoms with Crippen LogP contribution in [0.4, 0.5) is 0 Å². The summed E-state index contributed by atoms with van der Waals surface area (Å²) in [6.07, 6.45) is 13.4. The number of carbonyl (C=O) groups is 1. The number of nitrogens with one attached hydrogen (secondary N) is 1. The van der Waals surface area contributed by atoms with Gasteiger partial charge in [-0.2, -0.15) is 0 Å². The number of aliphatic hydroxyl groups excluding tert-OH is 1. The first kappa shape index (κ1) is 21.5. The van der Waals surface area contributed by atoms with Gasteiger partial charge in [-0.3, -0.25) is 9.78 Å². The first-order chi connectivity index (χ1) is 13.9. The molecule has 1 fully saturated rings. The molecule has 7 atom stereocenters. The predicted octanol–water partition coefficient (Wildman–Crippen LogP) is 4.29. The van der Waals surface area contributed by atoms with Gasteiger partial charge in [-0.15, -0.1) is 0 Å². The summed E-state index contributed by atoms with van der Waals surface area (Å²) in [6, 6.07) is 5.67. The van der Waals surface area contributed by atoms with Crippen LogP contribution in [0.5, 0.6) is 0 Å². The minimum absolute atomic E-state index is 0.0787. The van der Waals surface area contributed by atoms with Crippen LogP contribution < -0.4 is 5.32 Å². The summed E-state index contributed by atoms with van der Waals surface area (Å²) in [6.45, 7) is 8.85. The molecule has 0 aromatic carbocycles. The van der Waals surface area contributed by atoms with Crippen molar-refractivity contribution in [2.24, 2.45) is 35.5 Å². The number of carbonyl (C=O) groups excluding carboxylic acids is 1. The minimum Gasteiger partial charge on any atom is -0.393 e. The zero-order valence-electron chi connectivity index (χ0n) is 18.0. The average molecular weight is 395 g/mol. The molecule has 0 spiro atoms. The van der Waals surface area contributed by atoms with E-state index in [2.05, 4.69) is 49.3 Å². The van der Waals surface area contributed by atoms with Crippen molar-refractivity contribution in [3.8, 4) is 0 Å². The quantitative estimate of drug-likeness (QED) is 0.445. The monoisotopic (exact) mass is 394 g/mol. The van der Waals surface area contributed by atoms with E-state index in [1.165, 1.54) is 0 Å². The smallest absolute Gasteiger partial charge is 0.247 e. The Labute approximate surface area is 174 Å². The Morgan fingerprint density at radius 1 is 1.28 bits per heavy atom. The lowest BCUT2D eigenvalue weighted by molar-refractivity contribution is -0.117. The lowest BCUT2D eigenvalue weighted by Gasteiger charge is -2.48. The number of nitrogens with zero attached hydrogens (tertiary/aromatic N) is 1. The molecule has 4 heteroatoms. The molecule has 2 aliphatic rings. The van der Waals surface area contributed by atoms with Gasteiger partial charge in [0, 0.05) is 11.8 Å². The number of aromatic nitrogens is 1. The van der Waals surface area contributed by atoms with Crippen LogP contribution in [0.3, 0.4) is 0 Å². The molecule has 29 heavy (non-hydrogen) atoms. The van der Waals surface area contributed by atoms with Crippen LogP contribution >= 0.6 is 0 Å². The number of rotatable bonds is 5. The van der Waals surface area contributed by atoms with E-state index in [-0.39, 0.29) is 17.9 Å². The Hall–Kier alpha value is -2.20. The predicted molar refractivity (Wildman–Crippen MR) is 117 cm³/mol. The fraction of sp³-hybridized carbons (Fsp3) is 0.520. The number of allylic oxidation sites excluding steroid dienone is 5. The van der Waals surface area contributed by atoms with E-state index in [4.69, 9.17) is 0 Å². The van der Waals surface area contributed by atoms with E-state index in [0.717, 1.165) is 12.1 Å². The van der Waals surface area contributed by atoms with Crippen molar-refractivity contribution in [3.05, 3.63) is 66.0 Å². The molecule has 0 radical (unpaired) electrons. The molecule has 2 N–H and O–H groups in total. The van der Waals surface area contributed by atoms with Gasteiger partial charge in [0.05, 0.1) is 18.3 Å². The van der Waals surface area contributed by atoms with Gasteiger partial charge in [0.25, 0.3) is 0 Å². The van der Waals surface area contributed by atoms with Crippen molar-refractivity contribution < 1.29 is 9.90 Å². The molecule has 0 bridgehead atoms. The molecule has 4 nitrogen and oxygen atoms in total. The zero-order valence-corrected chi connectivity index (χ0v) is 18.0. The van der Waals surface area contributed by atoms with E-state index < -0.39 is 0 Å². The van der Waals surface area contributed by atoms with Gasteiger partial charge in [0.1, 0.15) is 0 Å². The summed E-state index contributed by atoms with van der Waals surface area (Å²) in [7, 11) is 0. The van der Waals surface area contributed by atoms with Gasteiger partial charge in [0.15, 0.2) is 0 Å². The second-order valence-electron chi connectivity index (χ2n) is 8.86. The molecule has 156 valence electrons. The van der Waals surface area contributed by atoms with Crippen molar-refractivity contribution in [1.29, 1.82) is 0 Å². The van der Waals surface area contributed by atoms with Gasteiger partial charge in [-0.05, 0) is 61.0 Å². The molecule has 3 rings (SSSR count). The number of fused-ring (bicyclic) bond motifs is 1. The third-order valence-electron chi connectivity index (χ3n) is 6.77. The highest BCUT2D eigenvalue weighted by Crippen LogP contribution is 2.48. The molecule has 1 heterocycles. The molecular weight excluding hydrogens is 360 g/mol. The summed E-state index contributed by atoms with van der Waals surface area (Å²) < 4.78 is 0. The largest absolute Gasteiger partial charge is 0.393 e. The molecule has 0 saturated heterocycles. The van der Waals surface area contributed by atoms with E-state index in [1.54, 1.807) is 6.20 Å². The van der Waals surface area contributed by atoms with Crippen LogP contribution in [0.2, 0.25) is 0 Å². The van der Waals surface area contributed by atoms with Gasteiger partial charge < -0.3 is 10.4 Å². The number of aliphatic hydroxyl groups is 1. The summed E-state index contributed by atoms with van der Waals surface area (Å²) in [5, 5.41) is 13.5. The van der Waals surface area contributed by atoms with Crippen molar-refractivity contribution in [3.63, 3.8) is 0 Å². The highest BCUT2D eigenvalue weighted by atomic mass is 16.3. The molecule has 1 aromatic heterocycles.